The second-order valence-electron chi connectivity index (χ2n) is 10.3. The molecule has 0 aliphatic rings. The monoisotopic (exact) mass is 598 g/mol. The van der Waals surface area contributed by atoms with Crippen LogP contribution in [0.5, 0.6) is 34.5 Å². The molecule has 10 heteroatoms. The summed E-state index contributed by atoms with van der Waals surface area (Å²) in [6, 6.07) is 14.0. The summed E-state index contributed by atoms with van der Waals surface area (Å²) in [7, 11) is 0.707. The molecule has 3 aromatic carbocycles. The Hall–Kier alpha value is -3.97. The molecular formula is C32H39O9P. The van der Waals surface area contributed by atoms with Crippen molar-refractivity contribution in [1.29, 1.82) is 0 Å². The molecule has 226 valence electrons. The SMILES string of the molecule is COc1cccc(OC)c1C(=O)P(=O)(C(=O)c1c(OC)cccc1OC)c1ccc(OCC(C)C)cc1OCC(C)C. The number of benzene rings is 3. The molecule has 42 heavy (non-hydrogen) atoms. The van der Waals surface area contributed by atoms with Gasteiger partial charge in [-0.15, -0.1) is 0 Å². The molecular weight excluding hydrogens is 559 g/mol. The van der Waals surface area contributed by atoms with Gasteiger partial charge in [0, 0.05) is 6.07 Å². The third kappa shape index (κ3) is 6.73. The van der Waals surface area contributed by atoms with E-state index in [0.29, 0.717) is 12.4 Å². The van der Waals surface area contributed by atoms with Crippen molar-refractivity contribution in [3.63, 3.8) is 0 Å². The summed E-state index contributed by atoms with van der Waals surface area (Å²) in [6.45, 7) is 8.59. The lowest BCUT2D eigenvalue weighted by Crippen LogP contribution is -2.24. The summed E-state index contributed by atoms with van der Waals surface area (Å²) in [5.41, 5.74) is -2.24. The minimum Gasteiger partial charge on any atom is -0.496 e. The van der Waals surface area contributed by atoms with Crippen LogP contribution in [-0.2, 0) is 4.57 Å². The molecule has 0 atom stereocenters. The summed E-state index contributed by atoms with van der Waals surface area (Å²) in [5.74, 6) is 1.27. The summed E-state index contributed by atoms with van der Waals surface area (Å²) in [5, 5.41) is -0.0871. The van der Waals surface area contributed by atoms with Crippen molar-refractivity contribution in [2.24, 2.45) is 11.8 Å². The van der Waals surface area contributed by atoms with Crippen molar-refractivity contribution in [2.75, 3.05) is 41.7 Å². The Labute approximate surface area is 247 Å². The van der Waals surface area contributed by atoms with Crippen LogP contribution in [0.15, 0.2) is 54.6 Å². The van der Waals surface area contributed by atoms with E-state index in [9.17, 15) is 9.59 Å². The average molecular weight is 599 g/mol. The quantitative estimate of drug-likeness (QED) is 0.182. The van der Waals surface area contributed by atoms with E-state index in [1.165, 1.54) is 58.8 Å². The zero-order valence-corrected chi connectivity index (χ0v) is 26.3. The van der Waals surface area contributed by atoms with Crippen LogP contribution in [0.1, 0.15) is 48.4 Å². The predicted octanol–water partition coefficient (Wildman–Crippen LogP) is 6.46. The maximum Gasteiger partial charge on any atom is 0.252 e. The molecule has 0 bridgehead atoms. The van der Waals surface area contributed by atoms with E-state index in [0.717, 1.165) is 0 Å². The summed E-state index contributed by atoms with van der Waals surface area (Å²) >= 11 is 0. The fraction of sp³-hybridized carbons (Fsp3) is 0.375. The molecule has 0 aliphatic heterocycles. The molecule has 0 unspecified atom stereocenters. The maximum absolute atomic E-state index is 15.5. The highest BCUT2D eigenvalue weighted by molar-refractivity contribution is 8.01. The van der Waals surface area contributed by atoms with Crippen molar-refractivity contribution in [3.05, 3.63) is 65.7 Å². The Morgan fingerprint density at radius 3 is 1.40 bits per heavy atom. The van der Waals surface area contributed by atoms with Gasteiger partial charge in [-0.3, -0.25) is 9.59 Å². The number of ether oxygens (including phenoxy) is 6. The van der Waals surface area contributed by atoms with E-state index in [1.807, 2.05) is 27.7 Å². The fourth-order valence-corrected chi connectivity index (χ4v) is 6.65. The molecule has 0 saturated carbocycles. The topological polar surface area (TPSA) is 107 Å². The van der Waals surface area contributed by atoms with Gasteiger partial charge in [-0.25, -0.2) is 0 Å². The number of carbonyl (C=O) groups excluding carboxylic acids is 2. The van der Waals surface area contributed by atoms with Gasteiger partial charge in [-0.05, 0) is 48.2 Å². The van der Waals surface area contributed by atoms with Gasteiger partial charge in [0.1, 0.15) is 45.6 Å². The number of rotatable bonds is 15. The molecule has 9 nitrogen and oxygen atoms in total. The van der Waals surface area contributed by atoms with Crippen LogP contribution < -0.4 is 33.7 Å². The first kappa shape index (κ1) is 32.5. The van der Waals surface area contributed by atoms with Gasteiger partial charge in [0.2, 0.25) is 11.0 Å². The summed E-state index contributed by atoms with van der Waals surface area (Å²) in [4.78, 5) is 29.2. The van der Waals surface area contributed by atoms with Gasteiger partial charge in [0.15, 0.2) is 0 Å². The minimum absolute atomic E-state index is 0.0871. The largest absolute Gasteiger partial charge is 0.496 e. The van der Waals surface area contributed by atoms with Crippen molar-refractivity contribution in [2.45, 2.75) is 27.7 Å². The molecule has 0 saturated heterocycles. The van der Waals surface area contributed by atoms with Crippen molar-refractivity contribution in [3.8, 4) is 34.5 Å². The van der Waals surface area contributed by atoms with Gasteiger partial charge in [0.05, 0.1) is 47.0 Å². The second-order valence-corrected chi connectivity index (χ2v) is 12.8. The van der Waals surface area contributed by atoms with E-state index >= 15 is 4.57 Å². The molecule has 0 heterocycles. The lowest BCUT2D eigenvalue weighted by Gasteiger charge is -2.24. The molecule has 0 aromatic heterocycles. The Balaban J connectivity index is 2.41. The number of hydrogen-bond donors (Lipinski definition) is 0. The van der Waals surface area contributed by atoms with E-state index in [4.69, 9.17) is 28.4 Å². The van der Waals surface area contributed by atoms with Crippen molar-refractivity contribution >= 4 is 23.5 Å². The van der Waals surface area contributed by atoms with E-state index in [2.05, 4.69) is 0 Å². The Bertz CT molecular complexity index is 1350. The van der Waals surface area contributed by atoms with Crippen LogP contribution in [-0.4, -0.2) is 52.7 Å². The van der Waals surface area contributed by atoms with E-state index in [-0.39, 0.29) is 63.6 Å². The van der Waals surface area contributed by atoms with Crippen LogP contribution in [0, 0.1) is 11.8 Å². The molecule has 0 N–H and O–H groups in total. The highest BCUT2D eigenvalue weighted by atomic mass is 31.2. The lowest BCUT2D eigenvalue weighted by molar-refractivity contribution is 0.103. The van der Waals surface area contributed by atoms with Crippen LogP contribution in [0.3, 0.4) is 0 Å². The Morgan fingerprint density at radius 2 is 1.02 bits per heavy atom. The smallest absolute Gasteiger partial charge is 0.252 e. The minimum atomic E-state index is -4.79. The average Bonchev–Trinajstić information content (AvgIpc) is 3.00. The highest BCUT2D eigenvalue weighted by Gasteiger charge is 2.49. The number of carbonyl (C=O) groups is 2. The van der Waals surface area contributed by atoms with Crippen molar-refractivity contribution in [1.82, 2.24) is 0 Å². The van der Waals surface area contributed by atoms with Gasteiger partial charge in [-0.1, -0.05) is 39.8 Å². The van der Waals surface area contributed by atoms with E-state index < -0.39 is 18.2 Å². The third-order valence-corrected chi connectivity index (χ3v) is 8.92. The third-order valence-electron chi connectivity index (χ3n) is 6.28. The number of hydrogen-bond acceptors (Lipinski definition) is 9. The van der Waals surface area contributed by atoms with Gasteiger partial charge in [0.25, 0.3) is 7.14 Å². The standard InChI is InChI=1S/C32H39O9P/c1-20(2)18-40-22-15-16-28(27(17-22)41-19-21(3)4)42(35,31(33)29-23(36-5)11-9-12-24(29)37-6)32(34)30-25(38-7)13-10-14-26(30)39-8/h9-17,20-21H,18-19H2,1-8H3. The normalized spacial score (nSPS) is 11.3. The van der Waals surface area contributed by atoms with Gasteiger partial charge in [-0.2, -0.15) is 0 Å². The zero-order chi connectivity index (χ0) is 31.0. The van der Waals surface area contributed by atoms with Crippen LogP contribution in [0.2, 0.25) is 0 Å². The zero-order valence-electron chi connectivity index (χ0n) is 25.4. The fourth-order valence-electron chi connectivity index (χ4n) is 4.23. The molecule has 0 amide bonds. The molecule has 3 rings (SSSR count). The Kier molecular flexibility index (Phi) is 11.1. The van der Waals surface area contributed by atoms with Crippen LogP contribution >= 0.6 is 7.14 Å². The molecule has 0 fully saturated rings. The second kappa shape index (κ2) is 14.3. The van der Waals surface area contributed by atoms with Gasteiger partial charge >= 0.3 is 0 Å². The first-order valence-electron chi connectivity index (χ1n) is 13.5. The van der Waals surface area contributed by atoms with Crippen LogP contribution in [0.25, 0.3) is 0 Å². The summed E-state index contributed by atoms with van der Waals surface area (Å²) < 4.78 is 49.4. The lowest BCUT2D eigenvalue weighted by atomic mass is 10.2. The van der Waals surface area contributed by atoms with E-state index in [1.54, 1.807) is 24.3 Å². The molecule has 0 spiro atoms. The predicted molar refractivity (Wildman–Crippen MR) is 162 cm³/mol. The Morgan fingerprint density at radius 1 is 0.619 bits per heavy atom. The van der Waals surface area contributed by atoms with Crippen LogP contribution in [0.4, 0.5) is 0 Å². The number of methoxy groups -OCH3 is 4. The molecule has 0 radical (unpaired) electrons. The maximum atomic E-state index is 15.5. The summed E-state index contributed by atoms with van der Waals surface area (Å²) in [6.07, 6.45) is 0. The first-order valence-corrected chi connectivity index (χ1v) is 15.3. The first-order chi connectivity index (χ1) is 20.0. The molecule has 3 aromatic rings. The highest BCUT2D eigenvalue weighted by Crippen LogP contribution is 2.57. The van der Waals surface area contributed by atoms with Gasteiger partial charge < -0.3 is 33.0 Å². The molecule has 0 aliphatic carbocycles. The van der Waals surface area contributed by atoms with Crippen molar-refractivity contribution < 1.29 is 42.6 Å².